The molecule has 0 heterocycles. The van der Waals surface area contributed by atoms with Crippen molar-refractivity contribution in [2.45, 2.75) is 71.6 Å². The zero-order chi connectivity index (χ0) is 25.1. The Bertz CT molecular complexity index is 672. The molecule has 2 atom stereocenters. The highest BCUT2D eigenvalue weighted by Gasteiger charge is 2.27. The van der Waals surface area contributed by atoms with Crippen molar-refractivity contribution in [3.8, 4) is 0 Å². The van der Waals surface area contributed by atoms with Crippen molar-refractivity contribution in [3.05, 3.63) is 0 Å². The number of nitrogens with zero attached hydrogens (tertiary/aromatic N) is 1. The molecule has 0 spiro atoms. The van der Waals surface area contributed by atoms with E-state index in [1.807, 2.05) is 13.8 Å². The highest BCUT2D eigenvalue weighted by molar-refractivity contribution is 5.91. The fraction of sp³-hybridized carbons (Fsp3) is 0.762. The molecule has 0 bridgehead atoms. The summed E-state index contributed by atoms with van der Waals surface area (Å²) < 4.78 is 9.86. The fourth-order valence-corrected chi connectivity index (χ4v) is 2.57. The van der Waals surface area contributed by atoms with Crippen LogP contribution in [0.2, 0.25) is 0 Å². The maximum atomic E-state index is 12.5. The van der Waals surface area contributed by atoms with Crippen LogP contribution >= 0.6 is 0 Å². The molecule has 0 aliphatic heterocycles. The van der Waals surface area contributed by atoms with Gasteiger partial charge in [-0.3, -0.25) is 14.4 Å². The Hall–Kier alpha value is -2.85. The van der Waals surface area contributed by atoms with E-state index >= 15 is 0 Å². The second-order valence-corrected chi connectivity index (χ2v) is 9.02. The molecule has 0 fully saturated rings. The maximum absolute atomic E-state index is 12.5. The molecule has 0 aliphatic rings. The van der Waals surface area contributed by atoms with Gasteiger partial charge < -0.3 is 30.3 Å². The number of methoxy groups -OCH3 is 1. The van der Waals surface area contributed by atoms with Crippen molar-refractivity contribution >= 4 is 29.8 Å². The van der Waals surface area contributed by atoms with Gasteiger partial charge in [0.05, 0.1) is 13.7 Å². The number of amides is 4. The third-order valence-corrected chi connectivity index (χ3v) is 4.10. The lowest BCUT2D eigenvalue weighted by molar-refractivity contribution is -0.145. The summed E-state index contributed by atoms with van der Waals surface area (Å²) >= 11 is 0. The van der Waals surface area contributed by atoms with Crippen LogP contribution in [-0.4, -0.2) is 80.1 Å². The summed E-state index contributed by atoms with van der Waals surface area (Å²) in [6, 6.07) is -1.92. The van der Waals surface area contributed by atoms with E-state index < -0.39 is 48.1 Å². The van der Waals surface area contributed by atoms with Crippen LogP contribution in [0.3, 0.4) is 0 Å². The van der Waals surface area contributed by atoms with Crippen molar-refractivity contribution in [1.29, 1.82) is 0 Å². The van der Waals surface area contributed by atoms with Gasteiger partial charge in [-0.2, -0.15) is 0 Å². The molecule has 0 saturated carbocycles. The van der Waals surface area contributed by atoms with Crippen molar-refractivity contribution in [2.24, 2.45) is 5.92 Å². The molecule has 11 heteroatoms. The smallest absolute Gasteiger partial charge is 0.408 e. The first-order chi connectivity index (χ1) is 14.7. The zero-order valence-electron chi connectivity index (χ0n) is 20.4. The van der Waals surface area contributed by atoms with E-state index in [1.54, 1.807) is 34.9 Å². The Balaban J connectivity index is 4.92. The number of alkyl carbamates (subject to hydrolysis) is 1. The van der Waals surface area contributed by atoms with E-state index in [9.17, 15) is 24.0 Å². The summed E-state index contributed by atoms with van der Waals surface area (Å²) in [5, 5.41) is 7.43. The lowest BCUT2D eigenvalue weighted by Gasteiger charge is -2.24. The number of carbonyl (C=O) groups excluding carboxylic acids is 5. The summed E-state index contributed by atoms with van der Waals surface area (Å²) in [6.07, 6.45) is -0.307. The Morgan fingerprint density at radius 2 is 1.56 bits per heavy atom. The number of hydrogen-bond acceptors (Lipinski definition) is 7. The van der Waals surface area contributed by atoms with E-state index in [4.69, 9.17) is 4.74 Å². The molecule has 3 N–H and O–H groups in total. The lowest BCUT2D eigenvalue weighted by Crippen LogP contribution is -2.52. The van der Waals surface area contributed by atoms with Gasteiger partial charge in [-0.1, -0.05) is 13.8 Å². The Labute approximate surface area is 189 Å². The molecule has 184 valence electrons. The van der Waals surface area contributed by atoms with Crippen LogP contribution in [0.1, 0.15) is 53.9 Å². The topological polar surface area (TPSA) is 143 Å². The predicted molar refractivity (Wildman–Crippen MR) is 117 cm³/mol. The molecule has 0 radical (unpaired) electrons. The van der Waals surface area contributed by atoms with Crippen LogP contribution in [0.15, 0.2) is 0 Å². The first-order valence-corrected chi connectivity index (χ1v) is 10.5. The molecule has 0 aromatic carbocycles. The molecule has 0 rings (SSSR count). The molecule has 32 heavy (non-hydrogen) atoms. The molecule has 0 saturated heterocycles. The Morgan fingerprint density at radius 3 is 2.03 bits per heavy atom. The van der Waals surface area contributed by atoms with Crippen LogP contribution in [0, 0.1) is 5.92 Å². The molecule has 0 aromatic heterocycles. The third kappa shape index (κ3) is 12.8. The van der Waals surface area contributed by atoms with E-state index in [0.29, 0.717) is 6.42 Å². The number of nitrogens with one attached hydrogen (secondary N) is 3. The van der Waals surface area contributed by atoms with Gasteiger partial charge in [-0.25, -0.2) is 9.59 Å². The lowest BCUT2D eigenvalue weighted by atomic mass is 10.0. The van der Waals surface area contributed by atoms with Crippen LogP contribution in [-0.2, 0) is 28.7 Å². The monoisotopic (exact) mass is 458 g/mol. The first-order valence-electron chi connectivity index (χ1n) is 10.5. The molecular formula is C21H38N4O7. The van der Waals surface area contributed by atoms with E-state index in [-0.39, 0.29) is 24.7 Å². The molecule has 4 amide bonds. The summed E-state index contributed by atoms with van der Waals surface area (Å²) in [4.78, 5) is 61.9. The van der Waals surface area contributed by atoms with Crippen molar-refractivity contribution in [2.75, 3.05) is 27.7 Å². The zero-order valence-corrected chi connectivity index (χ0v) is 20.4. The number of carbonyl (C=O) groups is 5. The average Bonchev–Trinajstić information content (AvgIpc) is 2.65. The highest BCUT2D eigenvalue weighted by Crippen LogP contribution is 2.09. The molecular weight excluding hydrogens is 420 g/mol. The summed E-state index contributed by atoms with van der Waals surface area (Å²) in [5.41, 5.74) is -0.723. The summed E-state index contributed by atoms with van der Waals surface area (Å²) in [7, 11) is 4.35. The van der Waals surface area contributed by atoms with Gasteiger partial charge in [0.15, 0.2) is 0 Å². The number of ether oxygens (including phenoxy) is 2. The van der Waals surface area contributed by atoms with Gasteiger partial charge in [-0.15, -0.1) is 0 Å². The summed E-state index contributed by atoms with van der Waals surface area (Å²) in [6.45, 7) is 8.48. The van der Waals surface area contributed by atoms with Gasteiger partial charge in [0, 0.05) is 20.5 Å². The van der Waals surface area contributed by atoms with Crippen LogP contribution in [0.4, 0.5) is 4.79 Å². The average molecular weight is 459 g/mol. The largest absolute Gasteiger partial charge is 0.467 e. The standard InChI is InChI=1S/C21H38N4O7/c1-13(2)11-15(24-20(30)32-21(3,4)5)18(28)22-12-16(26)23-14(19(29)31-8)9-10-17(27)25(6)7/h13-15H,9-12H2,1-8H3,(H,22,28)(H,23,26)(H,24,30). The number of esters is 1. The summed E-state index contributed by atoms with van der Waals surface area (Å²) in [5.74, 6) is -2.00. The molecule has 11 nitrogen and oxygen atoms in total. The van der Waals surface area contributed by atoms with E-state index in [1.165, 1.54) is 12.0 Å². The minimum absolute atomic E-state index is 0.0374. The van der Waals surface area contributed by atoms with Crippen molar-refractivity contribution in [3.63, 3.8) is 0 Å². The minimum Gasteiger partial charge on any atom is -0.467 e. The number of rotatable bonds is 11. The second-order valence-electron chi connectivity index (χ2n) is 9.02. The predicted octanol–water partition coefficient (Wildman–Crippen LogP) is 0.568. The van der Waals surface area contributed by atoms with Gasteiger partial charge >= 0.3 is 12.1 Å². The quantitative estimate of drug-likeness (QED) is 0.384. The van der Waals surface area contributed by atoms with Crippen LogP contribution in [0.25, 0.3) is 0 Å². The molecule has 0 aromatic rings. The van der Waals surface area contributed by atoms with E-state index in [2.05, 4.69) is 20.7 Å². The van der Waals surface area contributed by atoms with Gasteiger partial charge in [-0.05, 0) is 39.5 Å². The molecule has 2 unspecified atom stereocenters. The second kappa shape index (κ2) is 13.5. The SMILES string of the molecule is COC(=O)C(CCC(=O)N(C)C)NC(=O)CNC(=O)C(CC(C)C)NC(=O)OC(C)(C)C. The van der Waals surface area contributed by atoms with Gasteiger partial charge in [0.2, 0.25) is 17.7 Å². The minimum atomic E-state index is -1.03. The highest BCUT2D eigenvalue weighted by atomic mass is 16.6. The van der Waals surface area contributed by atoms with Crippen molar-refractivity contribution < 1.29 is 33.4 Å². The van der Waals surface area contributed by atoms with Crippen LogP contribution in [0.5, 0.6) is 0 Å². The fourth-order valence-electron chi connectivity index (χ4n) is 2.57. The van der Waals surface area contributed by atoms with Gasteiger partial charge in [0.1, 0.15) is 17.7 Å². The van der Waals surface area contributed by atoms with Crippen molar-refractivity contribution in [1.82, 2.24) is 20.9 Å². The molecule has 0 aliphatic carbocycles. The van der Waals surface area contributed by atoms with E-state index in [0.717, 1.165) is 0 Å². The maximum Gasteiger partial charge on any atom is 0.408 e. The third-order valence-electron chi connectivity index (χ3n) is 4.10. The van der Waals surface area contributed by atoms with Crippen LogP contribution < -0.4 is 16.0 Å². The number of hydrogen-bond donors (Lipinski definition) is 3. The first kappa shape index (κ1) is 29.1. The Morgan fingerprint density at radius 1 is 0.969 bits per heavy atom. The normalized spacial score (nSPS) is 12.9. The Kier molecular flexibility index (Phi) is 12.3. The van der Waals surface area contributed by atoms with Gasteiger partial charge in [0.25, 0.3) is 0 Å².